The minimum absolute atomic E-state index is 0.0544. The molecule has 4 aliphatic rings. The number of carbonyl (C=O) groups excluding carboxylic acids is 8. The predicted octanol–water partition coefficient (Wildman–Crippen LogP) is 6.11. The Kier molecular flexibility index (Phi) is 15.5. The number of benzene rings is 4. The third-order valence-electron chi connectivity index (χ3n) is 14.5. The second-order valence-corrected chi connectivity index (χ2v) is 21.3. The van der Waals surface area contributed by atoms with Crippen molar-refractivity contribution in [1.29, 1.82) is 0 Å². The van der Waals surface area contributed by atoms with Crippen molar-refractivity contribution in [3.8, 4) is 23.0 Å². The number of halogens is 2. The van der Waals surface area contributed by atoms with Gasteiger partial charge in [0.1, 0.15) is 23.8 Å². The minimum Gasteiger partial charge on any atom is -0.351 e. The summed E-state index contributed by atoms with van der Waals surface area (Å²) in [5.41, 5.74) is -0.540. The summed E-state index contributed by atoms with van der Waals surface area (Å²) in [4.78, 5) is 130. The summed E-state index contributed by atoms with van der Waals surface area (Å²) < 4.78 is 40.4. The van der Waals surface area contributed by atoms with Crippen LogP contribution in [0.25, 0.3) is 22.0 Å². The van der Waals surface area contributed by atoms with Crippen molar-refractivity contribution in [3.63, 3.8) is 0 Å². The number of carbonyl (C=O) groups is 8. The van der Waals surface area contributed by atoms with Crippen molar-refractivity contribution in [2.45, 2.75) is 108 Å². The lowest BCUT2D eigenvalue weighted by Crippen LogP contribution is -2.60. The van der Waals surface area contributed by atoms with Crippen molar-refractivity contribution in [2.75, 3.05) is 23.7 Å². The van der Waals surface area contributed by atoms with Crippen molar-refractivity contribution in [3.05, 3.63) is 119 Å². The molecule has 0 aliphatic carbocycles. The first-order valence-corrected chi connectivity index (χ1v) is 26.9. The number of unbranched alkanes of at least 4 members (excludes halogenated alkanes) is 3. The molecule has 7 N–H and O–H groups in total. The molecule has 77 heavy (non-hydrogen) atoms. The summed E-state index contributed by atoms with van der Waals surface area (Å²) in [5, 5.41) is 10.9. The van der Waals surface area contributed by atoms with Crippen LogP contribution in [0.4, 0.5) is 20.2 Å². The fourth-order valence-corrected chi connectivity index (χ4v) is 10.8. The molecular formula is C55H55F2N8O11P. The normalized spacial score (nSPS) is 19.6. The van der Waals surface area contributed by atoms with Gasteiger partial charge in [-0.15, -0.1) is 0 Å². The third-order valence-corrected chi connectivity index (χ3v) is 15.5. The molecule has 1 aromatic heterocycles. The lowest BCUT2D eigenvalue weighted by atomic mass is 10.0. The lowest BCUT2D eigenvalue weighted by molar-refractivity contribution is -0.143. The van der Waals surface area contributed by atoms with Gasteiger partial charge in [0.25, 0.3) is 11.8 Å². The Labute approximate surface area is 440 Å². The molecule has 3 fully saturated rings. The van der Waals surface area contributed by atoms with Gasteiger partial charge in [-0.05, 0) is 110 Å². The van der Waals surface area contributed by atoms with E-state index in [1.807, 2.05) is 30.3 Å². The lowest BCUT2D eigenvalue weighted by Gasteiger charge is -2.38. The Morgan fingerprint density at radius 2 is 1.56 bits per heavy atom. The number of nitrogens with zero attached hydrogens (tertiary/aromatic N) is 3. The molecule has 400 valence electrons. The van der Waals surface area contributed by atoms with Crippen LogP contribution in [0.5, 0.6) is 0 Å². The maximum atomic E-state index is 14.5. The fourth-order valence-electron chi connectivity index (χ4n) is 10.3. The van der Waals surface area contributed by atoms with E-state index in [1.165, 1.54) is 27.7 Å². The number of hydrogen-bond donors (Lipinski definition) is 7. The maximum absolute atomic E-state index is 14.5. The first-order chi connectivity index (χ1) is 36.7. The largest absolute Gasteiger partial charge is 0.399 e. The molecule has 0 radical (unpaired) electrons. The quantitative estimate of drug-likeness (QED) is 0.0289. The highest BCUT2D eigenvalue weighted by Gasteiger charge is 2.51. The molecule has 9 rings (SSSR count). The average molecular weight is 1070 g/mol. The van der Waals surface area contributed by atoms with Crippen LogP contribution in [0.1, 0.15) is 109 Å². The van der Waals surface area contributed by atoms with Crippen LogP contribution >= 0.6 is 7.60 Å². The zero-order valence-electron chi connectivity index (χ0n) is 41.8. The number of nitrogens with one attached hydrogen (secondary N) is 5. The first kappa shape index (κ1) is 53.8. The van der Waals surface area contributed by atoms with E-state index in [4.69, 9.17) is 0 Å². The Bertz CT molecular complexity index is 3310. The highest BCUT2D eigenvalue weighted by molar-refractivity contribution is 7.52. The number of imide groups is 1. The molecule has 4 aliphatic heterocycles. The van der Waals surface area contributed by atoms with E-state index < -0.39 is 66.6 Å². The van der Waals surface area contributed by atoms with Crippen molar-refractivity contribution >= 4 is 77.1 Å². The molecule has 8 amide bonds. The van der Waals surface area contributed by atoms with Gasteiger partial charge in [0.15, 0.2) is 0 Å². The minimum atomic E-state index is -5.86. The predicted molar refractivity (Wildman–Crippen MR) is 278 cm³/mol. The van der Waals surface area contributed by atoms with Gasteiger partial charge in [-0.3, -0.25) is 48.2 Å². The third kappa shape index (κ3) is 11.7. The van der Waals surface area contributed by atoms with Crippen LogP contribution < -0.4 is 21.3 Å². The van der Waals surface area contributed by atoms with Gasteiger partial charge in [0.05, 0.1) is 0 Å². The molecule has 3 saturated heterocycles. The Morgan fingerprint density at radius 3 is 2.25 bits per heavy atom. The molecule has 19 nitrogen and oxygen atoms in total. The molecule has 22 heteroatoms. The van der Waals surface area contributed by atoms with Gasteiger partial charge in [-0.1, -0.05) is 54.7 Å². The van der Waals surface area contributed by atoms with Crippen molar-refractivity contribution in [1.82, 2.24) is 30.3 Å². The van der Waals surface area contributed by atoms with E-state index in [0.717, 1.165) is 53.3 Å². The van der Waals surface area contributed by atoms with Crippen LogP contribution in [-0.2, 0) is 45.5 Å². The maximum Gasteiger partial charge on any atom is 0.399 e. The summed E-state index contributed by atoms with van der Waals surface area (Å²) in [5.74, 6) is 3.02. The Morgan fingerprint density at radius 1 is 0.844 bits per heavy atom. The smallest absolute Gasteiger partial charge is 0.351 e. The van der Waals surface area contributed by atoms with Crippen LogP contribution in [0.2, 0.25) is 0 Å². The molecule has 0 saturated carbocycles. The van der Waals surface area contributed by atoms with Crippen molar-refractivity contribution < 1.29 is 61.5 Å². The highest BCUT2D eigenvalue weighted by Crippen LogP contribution is 2.59. The number of piperidine rings is 1. The average Bonchev–Trinajstić information content (AvgIpc) is 4.12. The standard InChI is InChI=1S/C55H55F2N8O11P/c1-32(66)63-27-26-40-21-23-47(65(40)54(73)45(31-63)61-50(69)44-29-36-28-37(16-22-43(36)60-44)55(56,57)77(74,75)76)52(71)59-39-19-14-34(15-20-39)33-12-17-38(18-13-33)58-48(67)11-6-4-2-3-5-8-35-9-7-10-41-42(35)30-64(53(41)72)46-24-25-49(68)62-51(46)70/h7,9-10,12-20,22,28-29,40,45-47,60H,2-4,6,11,21,23-27,30-31H2,1H3,(H,58,67)(H,59,71)(H,61,69)(H,62,68,70)(H2,74,75,76)/t40-,45+,46?,47+/m1/s1. The molecule has 4 atom stereocenters. The second kappa shape index (κ2) is 22.3. The zero-order chi connectivity index (χ0) is 54.8. The fraction of sp³-hybridized carbons (Fsp3) is 0.345. The van der Waals surface area contributed by atoms with Gasteiger partial charge < -0.3 is 45.4 Å². The summed E-state index contributed by atoms with van der Waals surface area (Å²) in [6.45, 7) is 1.65. The van der Waals surface area contributed by atoms with Crippen LogP contribution in [-0.4, -0.2) is 114 Å². The van der Waals surface area contributed by atoms with Crippen LogP contribution in [0, 0.1) is 11.8 Å². The number of hydrogen-bond acceptors (Lipinski definition) is 9. The molecule has 4 aromatic carbocycles. The number of amides is 8. The SMILES string of the molecule is CC(=O)N1CC[C@H]2CC[C@@H](C(=O)Nc3ccc(-c4ccc(NC(=O)CCCCCC#Cc5cccc6c5CN(C5CCC(=O)NC5=O)C6=O)cc4)cc3)N2C(=O)[C@@H](NC(=O)c2cc3cc(C(F)(F)P(=O)(O)O)ccc3[nH]2)C1. The number of fused-ring (bicyclic) bond motifs is 3. The first-order valence-electron chi connectivity index (χ1n) is 25.3. The second-order valence-electron chi connectivity index (χ2n) is 19.6. The molecular weight excluding hydrogens is 1020 g/mol. The molecule has 5 heterocycles. The Balaban J connectivity index is 0.745. The number of aromatic amines is 1. The van der Waals surface area contributed by atoms with Gasteiger partial charge in [-0.2, -0.15) is 8.78 Å². The summed E-state index contributed by atoms with van der Waals surface area (Å²) in [7, 11) is -5.86. The molecule has 0 spiro atoms. The van der Waals surface area contributed by atoms with E-state index in [-0.39, 0.29) is 72.7 Å². The van der Waals surface area contributed by atoms with Crippen LogP contribution in [0.3, 0.4) is 0 Å². The van der Waals surface area contributed by atoms with Gasteiger partial charge >= 0.3 is 13.3 Å². The molecule has 0 bridgehead atoms. The van der Waals surface area contributed by atoms with Crippen molar-refractivity contribution in [2.24, 2.45) is 0 Å². The van der Waals surface area contributed by atoms with E-state index >= 15 is 0 Å². The number of aromatic nitrogens is 1. The topological polar surface area (TPSA) is 268 Å². The van der Waals surface area contributed by atoms with E-state index in [9.17, 15) is 61.5 Å². The van der Waals surface area contributed by atoms with Gasteiger partial charge in [0, 0.05) is 90.8 Å². The summed E-state index contributed by atoms with van der Waals surface area (Å²) in [6, 6.07) is 20.5. The molecule has 1 unspecified atom stereocenters. The van der Waals surface area contributed by atoms with Gasteiger partial charge in [0.2, 0.25) is 35.4 Å². The summed E-state index contributed by atoms with van der Waals surface area (Å²) >= 11 is 0. The van der Waals surface area contributed by atoms with Crippen LogP contribution in [0.15, 0.2) is 91.0 Å². The number of alkyl halides is 2. The van der Waals surface area contributed by atoms with E-state index in [0.29, 0.717) is 55.5 Å². The van der Waals surface area contributed by atoms with Gasteiger partial charge in [-0.25, -0.2) is 0 Å². The zero-order valence-corrected chi connectivity index (χ0v) is 42.7. The number of rotatable bonds is 14. The number of H-pyrrole nitrogens is 1. The van der Waals surface area contributed by atoms with E-state index in [1.54, 1.807) is 36.4 Å². The number of anilines is 2. The summed E-state index contributed by atoms with van der Waals surface area (Å²) in [6.07, 6.45) is 4.81. The Hall–Kier alpha value is -8.05. The highest BCUT2D eigenvalue weighted by atomic mass is 31.2. The van der Waals surface area contributed by atoms with E-state index in [2.05, 4.69) is 38.1 Å². The molecule has 5 aromatic rings. The monoisotopic (exact) mass is 1070 g/mol.